The molecule has 2 aliphatic rings. The molecule has 0 amide bonds. The average Bonchev–Trinajstić information content (AvgIpc) is 2.73. The van der Waals surface area contributed by atoms with E-state index in [-0.39, 0.29) is 0 Å². The molecule has 1 aromatic carbocycles. The van der Waals surface area contributed by atoms with Gasteiger partial charge in [-0.3, -0.25) is 4.90 Å². The van der Waals surface area contributed by atoms with Crippen molar-refractivity contribution in [1.29, 1.82) is 0 Å². The van der Waals surface area contributed by atoms with Crippen LogP contribution in [-0.4, -0.2) is 23.1 Å². The van der Waals surface area contributed by atoms with Gasteiger partial charge in [0, 0.05) is 25.2 Å². The van der Waals surface area contributed by atoms with Crippen LogP contribution >= 0.6 is 0 Å². The Hall–Kier alpha value is -1.80. The van der Waals surface area contributed by atoms with Crippen LogP contribution in [0.15, 0.2) is 59.2 Å². The first kappa shape index (κ1) is 16.6. The molecule has 0 saturated heterocycles. The van der Waals surface area contributed by atoms with Crippen molar-refractivity contribution in [1.82, 2.24) is 4.90 Å². The summed E-state index contributed by atoms with van der Waals surface area (Å²) in [5.41, 5.74) is 5.52. The lowest BCUT2D eigenvalue weighted by Crippen LogP contribution is -2.31. The highest BCUT2D eigenvalue weighted by molar-refractivity contribution is 5.41. The van der Waals surface area contributed by atoms with Gasteiger partial charge in [-0.2, -0.15) is 0 Å². The Morgan fingerprint density at radius 1 is 1.18 bits per heavy atom. The molecule has 0 radical (unpaired) electrons. The van der Waals surface area contributed by atoms with Gasteiger partial charge in [-0.1, -0.05) is 50.3 Å². The first-order valence-corrected chi connectivity index (χ1v) is 8.28. The predicted molar refractivity (Wildman–Crippen MR) is 93.9 cm³/mol. The first-order chi connectivity index (χ1) is 10.7. The first-order valence-electron chi connectivity index (χ1n) is 8.28. The minimum absolute atomic E-state index is 0.407. The molecule has 118 valence electrons. The van der Waals surface area contributed by atoms with Crippen molar-refractivity contribution in [2.24, 2.45) is 0 Å². The van der Waals surface area contributed by atoms with E-state index in [1.165, 1.54) is 11.1 Å². The zero-order valence-electron chi connectivity index (χ0n) is 14.0. The van der Waals surface area contributed by atoms with Crippen LogP contribution in [0.4, 0.5) is 0 Å². The molecule has 0 spiro atoms. The lowest BCUT2D eigenvalue weighted by molar-refractivity contribution is 0.272. The number of para-hydroxylation sites is 1. The number of phenolic OH excluding ortho intramolecular Hbond substituents is 1. The van der Waals surface area contributed by atoms with Crippen molar-refractivity contribution in [2.75, 3.05) is 13.1 Å². The van der Waals surface area contributed by atoms with E-state index in [0.717, 1.165) is 38.0 Å². The standard InChI is InChI=1S/C18H21NO.C2H6/c1-14-6-2-3-7-15-12-19(11-10-17(14)15)13-16-8-4-5-9-18(16)20;1-2/h2-6,8-9,20H,7,10-13H2,1H3;1-2H3. The largest absolute Gasteiger partial charge is 0.508 e. The molecule has 0 atom stereocenters. The van der Waals surface area contributed by atoms with Crippen molar-refractivity contribution in [2.45, 2.75) is 40.2 Å². The average molecular weight is 297 g/mol. The maximum Gasteiger partial charge on any atom is 0.120 e. The van der Waals surface area contributed by atoms with E-state index in [1.54, 1.807) is 11.6 Å². The van der Waals surface area contributed by atoms with Gasteiger partial charge in [0.05, 0.1) is 0 Å². The molecule has 2 heteroatoms. The van der Waals surface area contributed by atoms with Crippen LogP contribution < -0.4 is 0 Å². The summed E-state index contributed by atoms with van der Waals surface area (Å²) in [5, 5.41) is 9.90. The number of hydrogen-bond acceptors (Lipinski definition) is 2. The fraction of sp³-hybridized carbons (Fsp3) is 0.400. The number of aromatic hydroxyl groups is 1. The SMILES string of the molecule is CC.CC1=CC=CCC2=C1CCN(Cc1ccccc1O)C2. The summed E-state index contributed by atoms with van der Waals surface area (Å²) in [6.07, 6.45) is 8.81. The zero-order valence-corrected chi connectivity index (χ0v) is 14.0. The third kappa shape index (κ3) is 3.89. The van der Waals surface area contributed by atoms with Crippen LogP contribution in [0.5, 0.6) is 5.75 Å². The smallest absolute Gasteiger partial charge is 0.120 e. The van der Waals surface area contributed by atoms with Gasteiger partial charge in [0.1, 0.15) is 5.75 Å². The quantitative estimate of drug-likeness (QED) is 0.845. The van der Waals surface area contributed by atoms with E-state index in [2.05, 4.69) is 30.1 Å². The molecule has 0 unspecified atom stereocenters. The number of hydrogen-bond donors (Lipinski definition) is 1. The highest BCUT2D eigenvalue weighted by Gasteiger charge is 2.20. The molecule has 2 nitrogen and oxygen atoms in total. The molecular weight excluding hydrogens is 270 g/mol. The maximum atomic E-state index is 9.90. The van der Waals surface area contributed by atoms with Gasteiger partial charge in [0.2, 0.25) is 0 Å². The van der Waals surface area contributed by atoms with E-state index in [9.17, 15) is 5.11 Å². The molecule has 1 aromatic rings. The zero-order chi connectivity index (χ0) is 15.9. The summed E-state index contributed by atoms with van der Waals surface area (Å²) in [6, 6.07) is 7.65. The Bertz CT molecular complexity index is 595. The van der Waals surface area contributed by atoms with Gasteiger partial charge in [-0.15, -0.1) is 0 Å². The Morgan fingerprint density at radius 2 is 1.95 bits per heavy atom. The molecule has 1 heterocycles. The molecule has 3 rings (SSSR count). The maximum absolute atomic E-state index is 9.90. The van der Waals surface area contributed by atoms with E-state index in [1.807, 2.05) is 32.0 Å². The summed E-state index contributed by atoms with van der Waals surface area (Å²) in [5.74, 6) is 0.407. The van der Waals surface area contributed by atoms with Crippen LogP contribution in [0.1, 0.15) is 39.2 Å². The normalized spacial score (nSPS) is 18.0. The summed E-state index contributed by atoms with van der Waals surface area (Å²) in [6.45, 7) is 9.12. The number of phenols is 1. The third-order valence-electron chi connectivity index (χ3n) is 4.23. The Kier molecular flexibility index (Phi) is 6.02. The predicted octanol–water partition coefficient (Wildman–Crippen LogP) is 4.83. The fourth-order valence-electron chi connectivity index (χ4n) is 3.10. The van der Waals surface area contributed by atoms with Gasteiger partial charge < -0.3 is 5.11 Å². The highest BCUT2D eigenvalue weighted by atomic mass is 16.3. The second kappa shape index (κ2) is 8.00. The Balaban J connectivity index is 0.000000847. The van der Waals surface area contributed by atoms with Crippen LogP contribution in [0.2, 0.25) is 0 Å². The Labute approximate surface area is 134 Å². The molecule has 22 heavy (non-hydrogen) atoms. The highest BCUT2D eigenvalue weighted by Crippen LogP contribution is 2.30. The van der Waals surface area contributed by atoms with Gasteiger partial charge >= 0.3 is 0 Å². The molecule has 1 N–H and O–H groups in total. The molecular formula is C20H27NO. The summed E-state index contributed by atoms with van der Waals surface area (Å²) in [4.78, 5) is 2.43. The van der Waals surface area contributed by atoms with E-state index >= 15 is 0 Å². The molecule has 0 saturated carbocycles. The lowest BCUT2D eigenvalue weighted by atomic mass is 9.93. The lowest BCUT2D eigenvalue weighted by Gasteiger charge is -2.31. The van der Waals surface area contributed by atoms with Crippen LogP contribution in [0.3, 0.4) is 0 Å². The van der Waals surface area contributed by atoms with Crippen molar-refractivity contribution in [3.8, 4) is 5.75 Å². The molecule has 1 aliphatic heterocycles. The van der Waals surface area contributed by atoms with Crippen LogP contribution in [0, 0.1) is 0 Å². The van der Waals surface area contributed by atoms with E-state index < -0.39 is 0 Å². The number of nitrogens with zero attached hydrogens (tertiary/aromatic N) is 1. The van der Waals surface area contributed by atoms with E-state index in [4.69, 9.17) is 0 Å². The van der Waals surface area contributed by atoms with Crippen LogP contribution in [0.25, 0.3) is 0 Å². The topological polar surface area (TPSA) is 23.5 Å². The number of allylic oxidation sites excluding steroid dienone is 4. The minimum atomic E-state index is 0.407. The van der Waals surface area contributed by atoms with Crippen LogP contribution in [-0.2, 0) is 6.54 Å². The van der Waals surface area contributed by atoms with Gasteiger partial charge in [-0.05, 0) is 42.6 Å². The summed E-state index contributed by atoms with van der Waals surface area (Å²) < 4.78 is 0. The van der Waals surface area contributed by atoms with Gasteiger partial charge in [0.15, 0.2) is 0 Å². The number of rotatable bonds is 2. The monoisotopic (exact) mass is 297 g/mol. The minimum Gasteiger partial charge on any atom is -0.508 e. The molecule has 0 aromatic heterocycles. The summed E-state index contributed by atoms with van der Waals surface area (Å²) in [7, 11) is 0. The van der Waals surface area contributed by atoms with Crippen molar-refractivity contribution in [3.05, 3.63) is 64.8 Å². The molecule has 0 bridgehead atoms. The third-order valence-corrected chi connectivity index (χ3v) is 4.23. The summed E-state index contributed by atoms with van der Waals surface area (Å²) >= 11 is 0. The second-order valence-electron chi connectivity index (χ2n) is 5.65. The Morgan fingerprint density at radius 3 is 2.73 bits per heavy atom. The molecule has 0 fully saturated rings. The molecule has 1 aliphatic carbocycles. The van der Waals surface area contributed by atoms with Crippen molar-refractivity contribution in [3.63, 3.8) is 0 Å². The van der Waals surface area contributed by atoms with Gasteiger partial charge in [0.25, 0.3) is 0 Å². The second-order valence-corrected chi connectivity index (χ2v) is 5.65. The number of benzene rings is 1. The van der Waals surface area contributed by atoms with Gasteiger partial charge in [-0.25, -0.2) is 0 Å². The van der Waals surface area contributed by atoms with Crippen molar-refractivity contribution < 1.29 is 5.11 Å². The fourth-order valence-corrected chi connectivity index (χ4v) is 3.10. The van der Waals surface area contributed by atoms with Crippen molar-refractivity contribution >= 4 is 0 Å². The van der Waals surface area contributed by atoms with E-state index in [0.29, 0.717) is 5.75 Å².